The van der Waals surface area contributed by atoms with Crippen LogP contribution in [0.1, 0.15) is 44.7 Å². The average molecular weight is 581 g/mol. The van der Waals surface area contributed by atoms with Crippen LogP contribution in [-0.4, -0.2) is 90.1 Å². The predicted molar refractivity (Wildman–Crippen MR) is 158 cm³/mol. The number of aliphatic carboxylic acids is 1. The molecule has 2 aliphatic heterocycles. The van der Waals surface area contributed by atoms with Crippen LogP contribution < -0.4 is 0 Å². The molecule has 2 aromatic carbocycles. The van der Waals surface area contributed by atoms with Gasteiger partial charge in [-0.25, -0.2) is 4.79 Å². The summed E-state index contributed by atoms with van der Waals surface area (Å²) >= 11 is 0. The number of carboxylic acids is 1. The highest BCUT2D eigenvalue weighted by molar-refractivity contribution is 5.84. The highest BCUT2D eigenvalue weighted by Crippen LogP contribution is 2.43. The molecule has 0 unspecified atom stereocenters. The van der Waals surface area contributed by atoms with Gasteiger partial charge in [0, 0.05) is 27.3 Å². The molecule has 4 rings (SSSR count). The largest absolute Gasteiger partial charge is 0.481 e. The van der Waals surface area contributed by atoms with Crippen LogP contribution in [0.25, 0.3) is 0 Å². The molecule has 0 bridgehead atoms. The van der Waals surface area contributed by atoms with Crippen molar-refractivity contribution in [3.8, 4) is 0 Å². The highest BCUT2D eigenvalue weighted by Gasteiger charge is 2.56. The number of carboxylic acid groups (broad SMARTS) is 1. The van der Waals surface area contributed by atoms with Gasteiger partial charge in [0.05, 0.1) is 36.1 Å². The van der Waals surface area contributed by atoms with Crippen LogP contribution in [0.4, 0.5) is 4.79 Å². The molecule has 4 atom stereocenters. The van der Waals surface area contributed by atoms with Crippen LogP contribution >= 0.6 is 0 Å². The van der Waals surface area contributed by atoms with E-state index in [1.165, 1.54) is 0 Å². The lowest BCUT2D eigenvalue weighted by Crippen LogP contribution is -2.54. The number of amides is 2. The van der Waals surface area contributed by atoms with Gasteiger partial charge in [-0.2, -0.15) is 0 Å². The van der Waals surface area contributed by atoms with E-state index in [0.717, 1.165) is 11.1 Å². The first-order valence-electron chi connectivity index (χ1n) is 14.5. The molecule has 2 heterocycles. The van der Waals surface area contributed by atoms with E-state index in [4.69, 9.17) is 14.2 Å². The lowest BCUT2D eigenvalue weighted by Gasteiger charge is -2.39. The van der Waals surface area contributed by atoms with E-state index in [0.29, 0.717) is 19.3 Å². The standard InChI is InChI=1S/C33H44N2O7/c1-31(2,3)42-30(39)35-20-26(18-33(35,23-41-5)17-25-14-10-7-11-15-25)28(36)34-21-27(29(37)38)19-32(34,22-40-4)16-24-12-8-6-9-13-24/h6-15,26-27H,16-23H2,1-5H3,(H,37,38)/t26-,27-,32+,33+/m0/s1. The molecule has 1 N–H and O–H groups in total. The number of benzene rings is 2. The Morgan fingerprint density at radius 3 is 1.69 bits per heavy atom. The molecule has 228 valence electrons. The number of rotatable bonds is 10. The molecular weight excluding hydrogens is 536 g/mol. The SMILES string of the molecule is COC[C@@]1(Cc2ccccc2)C[C@H](C(=O)N2C[C@@H](C(=O)O)C[C@@]2(COC)Cc2ccccc2)CN1C(=O)OC(C)(C)C. The summed E-state index contributed by atoms with van der Waals surface area (Å²) in [7, 11) is 3.17. The molecule has 0 spiro atoms. The number of hydrogen-bond donors (Lipinski definition) is 1. The van der Waals surface area contributed by atoms with Crippen molar-refractivity contribution in [2.45, 2.75) is 63.1 Å². The van der Waals surface area contributed by atoms with Gasteiger partial charge in [-0.3, -0.25) is 14.5 Å². The minimum atomic E-state index is -0.932. The Bertz CT molecular complexity index is 1230. The summed E-state index contributed by atoms with van der Waals surface area (Å²) in [6.07, 6.45) is 1.09. The molecule has 0 radical (unpaired) electrons. The molecule has 2 fully saturated rings. The first-order valence-corrected chi connectivity index (χ1v) is 14.5. The van der Waals surface area contributed by atoms with Gasteiger partial charge in [0.2, 0.25) is 5.91 Å². The van der Waals surface area contributed by atoms with Crippen molar-refractivity contribution < 1.29 is 33.7 Å². The predicted octanol–water partition coefficient (Wildman–Crippen LogP) is 4.43. The number of nitrogens with zero attached hydrogens (tertiary/aromatic N) is 2. The summed E-state index contributed by atoms with van der Waals surface area (Å²) < 4.78 is 17.2. The Hall–Kier alpha value is -3.43. The molecule has 42 heavy (non-hydrogen) atoms. The zero-order valence-corrected chi connectivity index (χ0v) is 25.4. The highest BCUT2D eigenvalue weighted by atomic mass is 16.6. The quantitative estimate of drug-likeness (QED) is 0.443. The molecule has 2 aromatic rings. The number of carbonyl (C=O) groups excluding carboxylic acids is 2. The Morgan fingerprint density at radius 2 is 1.24 bits per heavy atom. The van der Waals surface area contributed by atoms with E-state index < -0.39 is 40.6 Å². The second-order valence-corrected chi connectivity index (χ2v) is 12.8. The van der Waals surface area contributed by atoms with Gasteiger partial charge in [0.15, 0.2) is 0 Å². The number of methoxy groups -OCH3 is 2. The fourth-order valence-electron chi connectivity index (χ4n) is 6.75. The second-order valence-electron chi connectivity index (χ2n) is 12.8. The number of likely N-dealkylation sites (tertiary alicyclic amines) is 2. The maximum Gasteiger partial charge on any atom is 0.410 e. The topological polar surface area (TPSA) is 106 Å². The maximum absolute atomic E-state index is 14.6. The zero-order valence-electron chi connectivity index (χ0n) is 25.4. The van der Waals surface area contributed by atoms with E-state index in [9.17, 15) is 19.5 Å². The van der Waals surface area contributed by atoms with E-state index in [1.807, 2.05) is 81.4 Å². The summed E-state index contributed by atoms with van der Waals surface area (Å²) in [4.78, 5) is 43.8. The normalized spacial score (nSPS) is 25.9. The van der Waals surface area contributed by atoms with Crippen LogP contribution in [0.5, 0.6) is 0 Å². The summed E-state index contributed by atoms with van der Waals surface area (Å²) in [5, 5.41) is 10.0. The van der Waals surface area contributed by atoms with Crippen molar-refractivity contribution in [2.75, 3.05) is 40.5 Å². The lowest BCUT2D eigenvalue weighted by atomic mass is 9.84. The molecular formula is C33H44N2O7. The zero-order chi connectivity index (χ0) is 30.5. The fraction of sp³-hybridized carbons (Fsp3) is 0.545. The van der Waals surface area contributed by atoms with Gasteiger partial charge in [0.25, 0.3) is 0 Å². The van der Waals surface area contributed by atoms with Crippen molar-refractivity contribution >= 4 is 18.0 Å². The Kier molecular flexibility index (Phi) is 9.63. The second kappa shape index (κ2) is 12.8. The van der Waals surface area contributed by atoms with E-state index >= 15 is 0 Å². The first-order chi connectivity index (χ1) is 19.9. The van der Waals surface area contributed by atoms with Crippen LogP contribution in [-0.2, 0) is 36.6 Å². The Balaban J connectivity index is 1.72. The Labute approximate surface area is 248 Å². The van der Waals surface area contributed by atoms with Crippen molar-refractivity contribution in [1.82, 2.24) is 9.80 Å². The summed E-state index contributed by atoms with van der Waals surface area (Å²) in [6, 6.07) is 19.6. The minimum absolute atomic E-state index is 0.0866. The third-order valence-electron chi connectivity index (χ3n) is 8.36. The van der Waals surface area contributed by atoms with Crippen molar-refractivity contribution in [3.05, 3.63) is 71.8 Å². The molecule has 2 amide bonds. The molecule has 0 saturated carbocycles. The van der Waals surface area contributed by atoms with Crippen molar-refractivity contribution in [3.63, 3.8) is 0 Å². The fourth-order valence-corrected chi connectivity index (χ4v) is 6.75. The average Bonchev–Trinajstić information content (AvgIpc) is 3.48. The van der Waals surface area contributed by atoms with Crippen LogP contribution in [0.3, 0.4) is 0 Å². The number of ether oxygens (including phenoxy) is 3. The molecule has 9 heteroatoms. The molecule has 2 aliphatic rings. The van der Waals surface area contributed by atoms with Gasteiger partial charge in [0.1, 0.15) is 5.60 Å². The number of carbonyl (C=O) groups is 3. The third kappa shape index (κ3) is 6.95. The van der Waals surface area contributed by atoms with Crippen LogP contribution in [0.15, 0.2) is 60.7 Å². The monoisotopic (exact) mass is 580 g/mol. The minimum Gasteiger partial charge on any atom is -0.481 e. The maximum atomic E-state index is 14.6. The van der Waals surface area contributed by atoms with Gasteiger partial charge in [-0.15, -0.1) is 0 Å². The third-order valence-corrected chi connectivity index (χ3v) is 8.36. The van der Waals surface area contributed by atoms with E-state index in [1.54, 1.807) is 24.0 Å². The lowest BCUT2D eigenvalue weighted by molar-refractivity contribution is -0.142. The molecule has 0 aliphatic carbocycles. The van der Waals surface area contributed by atoms with Crippen LogP contribution in [0, 0.1) is 11.8 Å². The molecule has 2 saturated heterocycles. The van der Waals surface area contributed by atoms with Gasteiger partial charge >= 0.3 is 12.1 Å². The summed E-state index contributed by atoms with van der Waals surface area (Å²) in [5.74, 6) is -2.40. The van der Waals surface area contributed by atoms with E-state index in [2.05, 4.69) is 0 Å². The van der Waals surface area contributed by atoms with Gasteiger partial charge in [-0.1, -0.05) is 60.7 Å². The van der Waals surface area contributed by atoms with Gasteiger partial charge in [-0.05, 0) is 57.6 Å². The number of hydrogen-bond acceptors (Lipinski definition) is 6. The van der Waals surface area contributed by atoms with E-state index in [-0.39, 0.29) is 38.6 Å². The van der Waals surface area contributed by atoms with Crippen molar-refractivity contribution in [2.24, 2.45) is 11.8 Å². The summed E-state index contributed by atoms with van der Waals surface area (Å²) in [6.45, 7) is 6.10. The molecule has 9 nitrogen and oxygen atoms in total. The van der Waals surface area contributed by atoms with Crippen molar-refractivity contribution in [1.29, 1.82) is 0 Å². The molecule has 0 aromatic heterocycles. The smallest absolute Gasteiger partial charge is 0.410 e. The first kappa shape index (κ1) is 31.5. The van der Waals surface area contributed by atoms with Crippen LogP contribution in [0.2, 0.25) is 0 Å². The van der Waals surface area contributed by atoms with Gasteiger partial charge < -0.3 is 24.2 Å². The summed E-state index contributed by atoms with van der Waals surface area (Å²) in [5.41, 5.74) is -0.371. The Morgan fingerprint density at radius 1 is 0.786 bits per heavy atom.